The van der Waals surface area contributed by atoms with Crippen LogP contribution in [0.3, 0.4) is 0 Å². The van der Waals surface area contributed by atoms with E-state index in [9.17, 15) is 9.18 Å². The Morgan fingerprint density at radius 3 is 2.52 bits per heavy atom. The zero-order valence-electron chi connectivity index (χ0n) is 11.0. The van der Waals surface area contributed by atoms with Crippen molar-refractivity contribution in [2.75, 3.05) is 7.11 Å². The number of nitriles is 1. The minimum absolute atomic E-state index is 0.0214. The van der Waals surface area contributed by atoms with Crippen LogP contribution in [0.1, 0.15) is 15.9 Å². The zero-order valence-corrected chi connectivity index (χ0v) is 11.0. The van der Waals surface area contributed by atoms with Crippen molar-refractivity contribution in [2.24, 2.45) is 0 Å². The third-order valence-electron chi connectivity index (χ3n) is 2.70. The number of carboxylic acids is 1. The number of nitrogens with zero attached hydrogens (tertiary/aromatic N) is 1. The van der Waals surface area contributed by atoms with Crippen molar-refractivity contribution in [3.05, 3.63) is 53.3 Å². The predicted molar refractivity (Wildman–Crippen MR) is 71.1 cm³/mol. The first-order chi connectivity index (χ1) is 10.0. The molecule has 0 atom stereocenters. The fourth-order valence-corrected chi connectivity index (χ4v) is 1.66. The Balaban J connectivity index is 2.40. The van der Waals surface area contributed by atoms with Crippen LogP contribution in [0, 0.1) is 17.1 Å². The zero-order chi connectivity index (χ0) is 15.4. The molecule has 21 heavy (non-hydrogen) atoms. The molecule has 0 aliphatic heterocycles. The largest absolute Gasteiger partial charge is 0.497 e. The fourth-order valence-electron chi connectivity index (χ4n) is 1.66. The Kier molecular flexibility index (Phi) is 4.05. The van der Waals surface area contributed by atoms with E-state index in [1.165, 1.54) is 37.4 Å². The predicted octanol–water partition coefficient (Wildman–Crippen LogP) is 3.20. The van der Waals surface area contributed by atoms with Crippen molar-refractivity contribution in [1.29, 1.82) is 5.26 Å². The second kappa shape index (κ2) is 5.92. The molecular weight excluding hydrogens is 277 g/mol. The number of ether oxygens (including phenoxy) is 2. The molecule has 0 bridgehead atoms. The smallest absolute Gasteiger partial charge is 0.339 e. The van der Waals surface area contributed by atoms with Gasteiger partial charge in [0.2, 0.25) is 0 Å². The number of carboxylic acid groups (broad SMARTS) is 1. The molecule has 0 aliphatic carbocycles. The van der Waals surface area contributed by atoms with E-state index in [0.717, 1.165) is 6.07 Å². The quantitative estimate of drug-likeness (QED) is 0.934. The second-order valence-corrected chi connectivity index (χ2v) is 4.03. The first-order valence-electron chi connectivity index (χ1n) is 5.84. The van der Waals surface area contributed by atoms with Gasteiger partial charge in [-0.15, -0.1) is 0 Å². The molecule has 0 aliphatic rings. The minimum Gasteiger partial charge on any atom is -0.497 e. The Bertz CT molecular complexity index is 737. The summed E-state index contributed by atoms with van der Waals surface area (Å²) >= 11 is 0. The lowest BCUT2D eigenvalue weighted by Crippen LogP contribution is -2.01. The molecule has 0 spiro atoms. The van der Waals surface area contributed by atoms with Crippen LogP contribution in [0.2, 0.25) is 0 Å². The van der Waals surface area contributed by atoms with Crippen LogP contribution in [0.5, 0.6) is 17.2 Å². The number of hydrogen-bond acceptors (Lipinski definition) is 4. The van der Waals surface area contributed by atoms with E-state index >= 15 is 0 Å². The van der Waals surface area contributed by atoms with Crippen molar-refractivity contribution < 1.29 is 23.8 Å². The van der Waals surface area contributed by atoms with E-state index in [1.54, 1.807) is 6.07 Å². The van der Waals surface area contributed by atoms with E-state index in [4.69, 9.17) is 19.8 Å². The standard InChI is InChI=1S/C15H10FNO4/c1-20-10-3-5-13(11(7-10)15(18)19)21-14-4-2-9(8-17)6-12(14)16/h2-7H,1H3,(H,18,19). The van der Waals surface area contributed by atoms with Crippen LogP contribution in [0.25, 0.3) is 0 Å². The summed E-state index contributed by atoms with van der Waals surface area (Å²) in [6.45, 7) is 0. The van der Waals surface area contributed by atoms with Crippen molar-refractivity contribution in [3.63, 3.8) is 0 Å². The fraction of sp³-hybridized carbons (Fsp3) is 0.0667. The van der Waals surface area contributed by atoms with E-state index in [2.05, 4.69) is 0 Å². The van der Waals surface area contributed by atoms with E-state index < -0.39 is 11.8 Å². The molecule has 0 unspecified atom stereocenters. The lowest BCUT2D eigenvalue weighted by Gasteiger charge is -2.10. The topological polar surface area (TPSA) is 79.5 Å². The average Bonchev–Trinajstić information content (AvgIpc) is 2.49. The van der Waals surface area contributed by atoms with Crippen molar-refractivity contribution in [2.45, 2.75) is 0 Å². The molecule has 5 nitrogen and oxygen atoms in total. The van der Waals surface area contributed by atoms with Gasteiger partial charge in [-0.3, -0.25) is 0 Å². The highest BCUT2D eigenvalue weighted by molar-refractivity contribution is 5.91. The van der Waals surface area contributed by atoms with Crippen molar-refractivity contribution >= 4 is 5.97 Å². The number of halogens is 1. The maximum Gasteiger partial charge on any atom is 0.339 e. The summed E-state index contributed by atoms with van der Waals surface area (Å²) in [5.41, 5.74) is -0.00820. The molecular formula is C15H10FNO4. The number of aromatic carboxylic acids is 1. The van der Waals surface area contributed by atoms with Crippen LogP contribution >= 0.6 is 0 Å². The third kappa shape index (κ3) is 3.09. The Labute approximate surface area is 119 Å². The number of benzene rings is 2. The summed E-state index contributed by atoms with van der Waals surface area (Å²) in [6, 6.07) is 9.61. The lowest BCUT2D eigenvalue weighted by atomic mass is 10.2. The Hall–Kier alpha value is -3.07. The summed E-state index contributed by atoms with van der Waals surface area (Å²) in [5, 5.41) is 17.8. The molecule has 0 fully saturated rings. The Morgan fingerprint density at radius 2 is 1.95 bits per heavy atom. The first-order valence-corrected chi connectivity index (χ1v) is 5.84. The van der Waals surface area contributed by atoms with E-state index in [1.807, 2.05) is 0 Å². The molecule has 0 heterocycles. The summed E-state index contributed by atoms with van der Waals surface area (Å²) in [6.07, 6.45) is 0. The van der Waals surface area contributed by atoms with Crippen LogP contribution < -0.4 is 9.47 Å². The molecule has 0 saturated heterocycles. The van der Waals surface area contributed by atoms with Crippen LogP contribution in [0.4, 0.5) is 4.39 Å². The van der Waals surface area contributed by atoms with Gasteiger partial charge in [0.1, 0.15) is 17.1 Å². The van der Waals surface area contributed by atoms with Gasteiger partial charge in [-0.25, -0.2) is 9.18 Å². The summed E-state index contributed by atoms with van der Waals surface area (Å²) in [7, 11) is 1.40. The molecule has 0 radical (unpaired) electrons. The van der Waals surface area contributed by atoms with Crippen LogP contribution in [-0.2, 0) is 0 Å². The highest BCUT2D eigenvalue weighted by atomic mass is 19.1. The molecule has 2 rings (SSSR count). The molecule has 0 saturated carbocycles. The number of methoxy groups -OCH3 is 1. The van der Waals surface area contributed by atoms with Gasteiger partial charge in [0.25, 0.3) is 0 Å². The molecule has 2 aromatic rings. The van der Waals surface area contributed by atoms with Gasteiger partial charge in [-0.2, -0.15) is 5.26 Å². The van der Waals surface area contributed by atoms with Gasteiger partial charge < -0.3 is 14.6 Å². The maximum absolute atomic E-state index is 13.8. The number of rotatable bonds is 4. The summed E-state index contributed by atoms with van der Waals surface area (Å²) in [5.74, 6) is -1.81. The van der Waals surface area contributed by atoms with Gasteiger partial charge in [-0.05, 0) is 36.4 Å². The summed E-state index contributed by atoms with van der Waals surface area (Å²) < 4.78 is 24.0. The van der Waals surface area contributed by atoms with Crippen LogP contribution in [-0.4, -0.2) is 18.2 Å². The first kappa shape index (κ1) is 14.3. The van der Waals surface area contributed by atoms with Gasteiger partial charge in [-0.1, -0.05) is 0 Å². The molecule has 0 amide bonds. The molecule has 6 heteroatoms. The molecule has 106 valence electrons. The number of hydrogen-bond donors (Lipinski definition) is 1. The van der Waals surface area contributed by atoms with Gasteiger partial charge in [0.15, 0.2) is 11.6 Å². The summed E-state index contributed by atoms with van der Waals surface area (Å²) in [4.78, 5) is 11.2. The monoisotopic (exact) mass is 287 g/mol. The van der Waals surface area contributed by atoms with E-state index in [-0.39, 0.29) is 22.6 Å². The highest BCUT2D eigenvalue weighted by Crippen LogP contribution is 2.30. The van der Waals surface area contributed by atoms with Crippen molar-refractivity contribution in [3.8, 4) is 23.3 Å². The lowest BCUT2D eigenvalue weighted by molar-refractivity contribution is 0.0693. The van der Waals surface area contributed by atoms with Crippen LogP contribution in [0.15, 0.2) is 36.4 Å². The average molecular weight is 287 g/mol. The third-order valence-corrected chi connectivity index (χ3v) is 2.70. The van der Waals surface area contributed by atoms with Gasteiger partial charge in [0, 0.05) is 0 Å². The normalized spacial score (nSPS) is 9.76. The van der Waals surface area contributed by atoms with Crippen molar-refractivity contribution in [1.82, 2.24) is 0 Å². The SMILES string of the molecule is COc1ccc(Oc2ccc(C#N)cc2F)c(C(=O)O)c1. The second-order valence-electron chi connectivity index (χ2n) is 4.03. The number of carbonyl (C=O) groups is 1. The van der Waals surface area contributed by atoms with Gasteiger partial charge in [0.05, 0.1) is 18.7 Å². The molecule has 1 N–H and O–H groups in total. The van der Waals surface area contributed by atoms with E-state index in [0.29, 0.717) is 5.75 Å². The Morgan fingerprint density at radius 1 is 1.24 bits per heavy atom. The molecule has 0 aromatic heterocycles. The molecule has 2 aromatic carbocycles. The van der Waals surface area contributed by atoms with Gasteiger partial charge >= 0.3 is 5.97 Å². The maximum atomic E-state index is 13.8. The minimum atomic E-state index is -1.22. The highest BCUT2D eigenvalue weighted by Gasteiger charge is 2.15.